The van der Waals surface area contributed by atoms with Gasteiger partial charge >= 0.3 is 0 Å². The summed E-state index contributed by atoms with van der Waals surface area (Å²) >= 11 is 0. The Morgan fingerprint density at radius 1 is 1.14 bits per heavy atom. The predicted molar refractivity (Wildman–Crippen MR) is 159 cm³/mol. The molecule has 7 rings (SSSR count). The molecule has 3 aromatic rings. The van der Waals surface area contributed by atoms with E-state index in [1.165, 1.54) is 42.9 Å². The predicted octanol–water partition coefficient (Wildman–Crippen LogP) is 4.43. The topological polar surface area (TPSA) is 111 Å². The summed E-state index contributed by atoms with van der Waals surface area (Å²) in [5.41, 5.74) is 2.63. The summed E-state index contributed by atoms with van der Waals surface area (Å²) in [4.78, 5) is 27.9. The van der Waals surface area contributed by atoms with Gasteiger partial charge in [-0.25, -0.2) is 14.4 Å². The fourth-order valence-electron chi connectivity index (χ4n) is 6.15. The van der Waals surface area contributed by atoms with Gasteiger partial charge in [-0.1, -0.05) is 0 Å². The Balaban J connectivity index is 0.000000599. The standard InChI is InChI=1S/C28H31FN6O3.C4H8O/c1-17(2)34-27(36)20-9-18(29)3-4-23(20)38-25-13-31-16-33-26(25)35-14-28(15-35)10-19(11-28)37-24-6-8-32-22-5-7-30-12-21(22)24;1-2-4-5-3-1/h3-4,6,8-9,13,16-17,19,30H,5,7,10-12,14-15H2,1-2H3,(H,34,36);1-4H2. The first kappa shape index (κ1) is 29.3. The molecule has 5 heterocycles. The Bertz CT molecular complexity index is 1430. The molecule has 1 aromatic carbocycles. The fraction of sp³-hybridized carbons (Fsp3) is 0.500. The molecule has 2 N–H and O–H groups in total. The van der Waals surface area contributed by atoms with Crippen molar-refractivity contribution in [2.45, 2.75) is 64.6 Å². The molecule has 0 bridgehead atoms. The normalized spacial score (nSPS) is 18.7. The summed E-state index contributed by atoms with van der Waals surface area (Å²) < 4.78 is 31.4. The highest BCUT2D eigenvalue weighted by molar-refractivity contribution is 5.97. The van der Waals surface area contributed by atoms with Gasteiger partial charge in [-0.3, -0.25) is 9.78 Å². The number of aromatic nitrogens is 3. The SMILES string of the molecule is C1CCOC1.CC(C)NC(=O)c1cc(F)ccc1Oc1cncnc1N1CC2(CC(Oc3ccnc4c3CNCC4)C2)C1. The Morgan fingerprint density at radius 2 is 1.95 bits per heavy atom. The number of halogens is 1. The van der Waals surface area contributed by atoms with Crippen molar-refractivity contribution in [2.24, 2.45) is 5.41 Å². The number of hydrogen-bond donors (Lipinski definition) is 2. The molecule has 1 aliphatic carbocycles. The van der Waals surface area contributed by atoms with Crippen LogP contribution in [0.25, 0.3) is 0 Å². The van der Waals surface area contributed by atoms with Crippen molar-refractivity contribution in [2.75, 3.05) is 37.7 Å². The highest BCUT2D eigenvalue weighted by Gasteiger charge is 2.54. The van der Waals surface area contributed by atoms with Gasteiger partial charge in [-0.05, 0) is 63.8 Å². The summed E-state index contributed by atoms with van der Waals surface area (Å²) in [6, 6.07) is 5.79. The monoisotopic (exact) mass is 590 g/mol. The second-order valence-electron chi connectivity index (χ2n) is 12.1. The van der Waals surface area contributed by atoms with Crippen LogP contribution < -0.4 is 25.0 Å². The van der Waals surface area contributed by atoms with Gasteiger partial charge in [0.15, 0.2) is 11.6 Å². The highest BCUT2D eigenvalue weighted by atomic mass is 19.1. The van der Waals surface area contributed by atoms with Crippen molar-refractivity contribution < 1.29 is 23.4 Å². The van der Waals surface area contributed by atoms with Crippen LogP contribution in [0.5, 0.6) is 17.2 Å². The molecule has 3 aliphatic heterocycles. The number of fused-ring (bicyclic) bond motifs is 1. The van der Waals surface area contributed by atoms with Gasteiger partial charge in [0, 0.05) is 74.7 Å². The average Bonchev–Trinajstić information content (AvgIpc) is 3.55. The molecule has 1 amide bonds. The molecule has 0 unspecified atom stereocenters. The smallest absolute Gasteiger partial charge is 0.255 e. The minimum atomic E-state index is -0.509. The molecule has 43 heavy (non-hydrogen) atoms. The summed E-state index contributed by atoms with van der Waals surface area (Å²) in [5.74, 6) is 1.37. The first-order chi connectivity index (χ1) is 20.9. The van der Waals surface area contributed by atoms with Crippen LogP contribution in [0.2, 0.25) is 0 Å². The quantitative estimate of drug-likeness (QED) is 0.413. The van der Waals surface area contributed by atoms with Crippen molar-refractivity contribution in [1.82, 2.24) is 25.6 Å². The van der Waals surface area contributed by atoms with E-state index in [0.29, 0.717) is 11.6 Å². The van der Waals surface area contributed by atoms with E-state index in [4.69, 9.17) is 14.2 Å². The maximum absolute atomic E-state index is 14.0. The third kappa shape index (κ3) is 6.73. The minimum Gasteiger partial charge on any atom is -0.490 e. The van der Waals surface area contributed by atoms with E-state index >= 15 is 0 Å². The summed E-state index contributed by atoms with van der Waals surface area (Å²) in [5, 5.41) is 6.20. The zero-order valence-corrected chi connectivity index (χ0v) is 24.8. The van der Waals surface area contributed by atoms with Crippen LogP contribution in [-0.2, 0) is 17.7 Å². The van der Waals surface area contributed by atoms with E-state index in [2.05, 4.69) is 30.5 Å². The number of ether oxygens (including phenoxy) is 3. The van der Waals surface area contributed by atoms with Crippen molar-refractivity contribution in [3.63, 3.8) is 0 Å². The lowest BCUT2D eigenvalue weighted by molar-refractivity contribution is -0.0349. The third-order valence-corrected chi connectivity index (χ3v) is 8.22. The molecule has 0 atom stereocenters. The van der Waals surface area contributed by atoms with Gasteiger partial charge in [0.2, 0.25) is 0 Å². The molecule has 1 spiro atoms. The Hall–Kier alpha value is -3.83. The largest absolute Gasteiger partial charge is 0.490 e. The number of nitrogens with zero attached hydrogens (tertiary/aromatic N) is 4. The molecular formula is C32H39FN6O4. The van der Waals surface area contributed by atoms with Gasteiger partial charge in [-0.2, -0.15) is 0 Å². The van der Waals surface area contributed by atoms with Crippen LogP contribution in [0, 0.1) is 11.2 Å². The molecule has 4 aliphatic rings. The van der Waals surface area contributed by atoms with Gasteiger partial charge in [0.1, 0.15) is 29.7 Å². The number of amides is 1. The summed E-state index contributed by atoms with van der Waals surface area (Å²) in [7, 11) is 0. The van der Waals surface area contributed by atoms with E-state index in [9.17, 15) is 9.18 Å². The minimum absolute atomic E-state index is 0.0950. The van der Waals surface area contributed by atoms with E-state index in [1.54, 1.807) is 6.20 Å². The van der Waals surface area contributed by atoms with Gasteiger partial charge in [-0.15, -0.1) is 0 Å². The molecule has 2 saturated heterocycles. The van der Waals surface area contributed by atoms with E-state index in [-0.39, 0.29) is 28.9 Å². The first-order valence-corrected chi connectivity index (χ1v) is 15.1. The van der Waals surface area contributed by atoms with Crippen LogP contribution >= 0.6 is 0 Å². The average molecular weight is 591 g/mol. The molecule has 1 saturated carbocycles. The van der Waals surface area contributed by atoms with E-state index in [1.807, 2.05) is 26.1 Å². The number of anilines is 1. The Morgan fingerprint density at radius 3 is 2.70 bits per heavy atom. The van der Waals surface area contributed by atoms with Crippen molar-refractivity contribution in [3.8, 4) is 17.2 Å². The highest BCUT2D eigenvalue weighted by Crippen LogP contribution is 2.52. The lowest BCUT2D eigenvalue weighted by atomic mass is 9.61. The zero-order valence-electron chi connectivity index (χ0n) is 24.8. The number of carbonyl (C=O) groups excluding carboxylic acids is 1. The molecular weight excluding hydrogens is 551 g/mol. The molecule has 11 heteroatoms. The van der Waals surface area contributed by atoms with Gasteiger partial charge in [0.05, 0.1) is 11.8 Å². The van der Waals surface area contributed by atoms with Crippen LogP contribution in [0.15, 0.2) is 43.0 Å². The first-order valence-electron chi connectivity index (χ1n) is 15.1. The van der Waals surface area contributed by atoms with Crippen molar-refractivity contribution in [1.29, 1.82) is 0 Å². The number of hydrogen-bond acceptors (Lipinski definition) is 9. The zero-order chi connectivity index (χ0) is 29.8. The number of carbonyl (C=O) groups is 1. The maximum Gasteiger partial charge on any atom is 0.255 e. The molecule has 228 valence electrons. The van der Waals surface area contributed by atoms with Crippen molar-refractivity contribution in [3.05, 3.63) is 65.6 Å². The van der Waals surface area contributed by atoms with Crippen LogP contribution in [-0.4, -0.2) is 65.9 Å². The molecule has 2 aromatic heterocycles. The second-order valence-corrected chi connectivity index (χ2v) is 12.1. The van der Waals surface area contributed by atoms with Gasteiger partial charge in [0.25, 0.3) is 5.91 Å². The lowest BCUT2D eigenvalue weighted by Crippen LogP contribution is -2.65. The maximum atomic E-state index is 14.0. The Kier molecular flexibility index (Phi) is 8.71. The number of pyridine rings is 1. The van der Waals surface area contributed by atoms with Crippen molar-refractivity contribution >= 4 is 11.7 Å². The Labute approximate surface area is 251 Å². The van der Waals surface area contributed by atoms with E-state index in [0.717, 1.165) is 70.1 Å². The number of benzene rings is 1. The summed E-state index contributed by atoms with van der Waals surface area (Å²) in [6.45, 7) is 9.11. The molecule has 0 radical (unpaired) electrons. The van der Waals surface area contributed by atoms with Gasteiger partial charge < -0.3 is 29.7 Å². The fourth-order valence-corrected chi connectivity index (χ4v) is 6.15. The molecule has 3 fully saturated rings. The number of nitrogens with one attached hydrogen (secondary N) is 2. The second kappa shape index (κ2) is 12.8. The summed E-state index contributed by atoms with van der Waals surface area (Å²) in [6.07, 6.45) is 10.5. The van der Waals surface area contributed by atoms with E-state index < -0.39 is 11.7 Å². The molecule has 10 nitrogen and oxygen atoms in total. The number of rotatable bonds is 7. The third-order valence-electron chi connectivity index (χ3n) is 8.22. The lowest BCUT2D eigenvalue weighted by Gasteiger charge is -2.59. The van der Waals surface area contributed by atoms with Crippen LogP contribution in [0.4, 0.5) is 10.2 Å². The van der Waals surface area contributed by atoms with Crippen LogP contribution in [0.1, 0.15) is 61.1 Å². The van der Waals surface area contributed by atoms with Crippen LogP contribution in [0.3, 0.4) is 0 Å².